The first-order valence-electron chi connectivity index (χ1n) is 6.48. The second kappa shape index (κ2) is 6.72. The molecule has 1 aromatic carbocycles. The van der Waals surface area contributed by atoms with Gasteiger partial charge in [0.15, 0.2) is 0 Å². The van der Waals surface area contributed by atoms with E-state index in [4.69, 9.17) is 16.3 Å². The van der Waals surface area contributed by atoms with E-state index in [1.165, 1.54) is 0 Å². The number of benzene rings is 1. The van der Waals surface area contributed by atoms with E-state index in [0.29, 0.717) is 37.0 Å². The van der Waals surface area contributed by atoms with E-state index in [9.17, 15) is 9.59 Å². The van der Waals surface area contributed by atoms with E-state index in [1.807, 2.05) is 13.0 Å². The molecule has 1 fully saturated rings. The summed E-state index contributed by atoms with van der Waals surface area (Å²) in [5.41, 5.74) is 1.54. The normalized spacial score (nSPS) is 15.0. The standard InChI is InChI=1S/C14H17ClN2O3/c1-10-2-3-11(8-12(10)15)16-13(18)9-14(19)17-4-6-20-7-5-17/h2-3,8H,4-7,9H2,1H3,(H,16,18). The number of carbonyl (C=O) groups excluding carboxylic acids is 2. The van der Waals surface area contributed by atoms with E-state index >= 15 is 0 Å². The third-order valence-corrected chi connectivity index (χ3v) is 3.54. The second-order valence-electron chi connectivity index (χ2n) is 4.68. The molecular formula is C14H17ClN2O3. The molecule has 0 spiro atoms. The van der Waals surface area contributed by atoms with Gasteiger partial charge in [-0.25, -0.2) is 0 Å². The molecule has 108 valence electrons. The first kappa shape index (κ1) is 14.8. The van der Waals surface area contributed by atoms with E-state index in [1.54, 1.807) is 17.0 Å². The molecule has 1 heterocycles. The highest BCUT2D eigenvalue weighted by molar-refractivity contribution is 6.31. The first-order chi connectivity index (χ1) is 9.56. The van der Waals surface area contributed by atoms with Gasteiger partial charge in [-0.15, -0.1) is 0 Å². The third kappa shape index (κ3) is 3.95. The topological polar surface area (TPSA) is 58.6 Å². The number of halogens is 1. The lowest BCUT2D eigenvalue weighted by molar-refractivity contribution is -0.138. The molecule has 0 unspecified atom stereocenters. The smallest absolute Gasteiger partial charge is 0.233 e. The van der Waals surface area contributed by atoms with Crippen LogP contribution < -0.4 is 5.32 Å². The molecule has 0 bridgehead atoms. The summed E-state index contributed by atoms with van der Waals surface area (Å²) in [5, 5.41) is 3.26. The maximum atomic E-state index is 11.9. The van der Waals surface area contributed by atoms with Gasteiger partial charge >= 0.3 is 0 Å². The molecular weight excluding hydrogens is 280 g/mol. The number of anilines is 1. The van der Waals surface area contributed by atoms with Crippen LogP contribution in [0.1, 0.15) is 12.0 Å². The molecule has 1 aromatic rings. The van der Waals surface area contributed by atoms with Crippen LogP contribution >= 0.6 is 11.6 Å². The quantitative estimate of drug-likeness (QED) is 0.866. The average molecular weight is 297 g/mol. The molecule has 0 saturated carbocycles. The zero-order valence-electron chi connectivity index (χ0n) is 11.3. The van der Waals surface area contributed by atoms with Crippen molar-refractivity contribution in [2.24, 2.45) is 0 Å². The zero-order chi connectivity index (χ0) is 14.5. The molecule has 1 aliphatic heterocycles. The molecule has 2 amide bonds. The van der Waals surface area contributed by atoms with E-state index in [0.717, 1.165) is 5.56 Å². The van der Waals surface area contributed by atoms with Crippen LogP contribution in [-0.2, 0) is 14.3 Å². The predicted octanol–water partition coefficient (Wildman–Crippen LogP) is 1.84. The molecule has 6 heteroatoms. The Bertz CT molecular complexity index is 513. The van der Waals surface area contributed by atoms with Crippen LogP contribution in [-0.4, -0.2) is 43.0 Å². The molecule has 0 aromatic heterocycles. The van der Waals surface area contributed by atoms with Crippen molar-refractivity contribution in [2.45, 2.75) is 13.3 Å². The Kier molecular flexibility index (Phi) is 4.98. The number of nitrogens with one attached hydrogen (secondary N) is 1. The summed E-state index contributed by atoms with van der Waals surface area (Å²) >= 11 is 5.98. The van der Waals surface area contributed by atoms with Gasteiger partial charge in [-0.1, -0.05) is 17.7 Å². The van der Waals surface area contributed by atoms with Crippen LogP contribution in [0, 0.1) is 6.92 Å². The van der Waals surface area contributed by atoms with Crippen molar-refractivity contribution >= 4 is 29.1 Å². The van der Waals surface area contributed by atoms with Gasteiger partial charge < -0.3 is 15.0 Å². The summed E-state index contributed by atoms with van der Waals surface area (Å²) in [6.07, 6.45) is -0.161. The SMILES string of the molecule is Cc1ccc(NC(=O)CC(=O)N2CCOCC2)cc1Cl. The molecule has 1 saturated heterocycles. The summed E-state index contributed by atoms with van der Waals surface area (Å²) in [4.78, 5) is 25.4. The number of rotatable bonds is 3. The Balaban J connectivity index is 1.88. The van der Waals surface area contributed by atoms with Crippen molar-refractivity contribution in [1.29, 1.82) is 0 Å². The molecule has 1 N–H and O–H groups in total. The van der Waals surface area contributed by atoms with E-state index in [-0.39, 0.29) is 18.2 Å². The number of ether oxygens (including phenoxy) is 1. The number of morpholine rings is 1. The van der Waals surface area contributed by atoms with Crippen molar-refractivity contribution < 1.29 is 14.3 Å². The lowest BCUT2D eigenvalue weighted by atomic mass is 10.2. The second-order valence-corrected chi connectivity index (χ2v) is 5.09. The largest absolute Gasteiger partial charge is 0.378 e. The van der Waals surface area contributed by atoms with Crippen molar-refractivity contribution in [2.75, 3.05) is 31.6 Å². The Morgan fingerprint density at radius 3 is 2.70 bits per heavy atom. The zero-order valence-corrected chi connectivity index (χ0v) is 12.1. The fourth-order valence-electron chi connectivity index (χ4n) is 1.94. The number of carbonyl (C=O) groups is 2. The summed E-state index contributed by atoms with van der Waals surface area (Å²) in [7, 11) is 0. The summed E-state index contributed by atoms with van der Waals surface area (Å²) in [6.45, 7) is 4.03. The minimum Gasteiger partial charge on any atom is -0.378 e. The fourth-order valence-corrected chi connectivity index (χ4v) is 2.12. The van der Waals surface area contributed by atoms with Gasteiger partial charge in [0.25, 0.3) is 0 Å². The van der Waals surface area contributed by atoms with Crippen molar-refractivity contribution in [3.05, 3.63) is 28.8 Å². The lowest BCUT2D eigenvalue weighted by Crippen LogP contribution is -2.41. The van der Waals surface area contributed by atoms with Crippen molar-refractivity contribution in [3.63, 3.8) is 0 Å². The molecule has 0 atom stereocenters. The fraction of sp³-hybridized carbons (Fsp3) is 0.429. The highest BCUT2D eigenvalue weighted by atomic mass is 35.5. The maximum Gasteiger partial charge on any atom is 0.233 e. The lowest BCUT2D eigenvalue weighted by Gasteiger charge is -2.26. The Morgan fingerprint density at radius 1 is 1.35 bits per heavy atom. The molecule has 0 radical (unpaired) electrons. The van der Waals surface area contributed by atoms with Crippen LogP contribution in [0.3, 0.4) is 0 Å². The van der Waals surface area contributed by atoms with Gasteiger partial charge in [-0.2, -0.15) is 0 Å². The highest BCUT2D eigenvalue weighted by Gasteiger charge is 2.19. The number of nitrogens with zero attached hydrogens (tertiary/aromatic N) is 1. The van der Waals surface area contributed by atoms with Gasteiger partial charge in [-0.05, 0) is 24.6 Å². The molecule has 2 rings (SSSR count). The van der Waals surface area contributed by atoms with Crippen LogP contribution in [0.4, 0.5) is 5.69 Å². The van der Waals surface area contributed by atoms with Gasteiger partial charge in [-0.3, -0.25) is 9.59 Å². The summed E-state index contributed by atoms with van der Waals surface area (Å²) in [5.74, 6) is -0.509. The maximum absolute atomic E-state index is 11.9. The molecule has 5 nitrogen and oxygen atoms in total. The number of hydrogen-bond acceptors (Lipinski definition) is 3. The van der Waals surface area contributed by atoms with E-state index < -0.39 is 0 Å². The van der Waals surface area contributed by atoms with Crippen LogP contribution in [0.2, 0.25) is 5.02 Å². The van der Waals surface area contributed by atoms with Crippen molar-refractivity contribution in [1.82, 2.24) is 4.90 Å². The highest BCUT2D eigenvalue weighted by Crippen LogP contribution is 2.20. The summed E-state index contributed by atoms with van der Waals surface area (Å²) < 4.78 is 5.17. The minimum atomic E-state index is -0.332. The van der Waals surface area contributed by atoms with Crippen LogP contribution in [0.5, 0.6) is 0 Å². The predicted molar refractivity (Wildman–Crippen MR) is 76.8 cm³/mol. The van der Waals surface area contributed by atoms with Gasteiger partial charge in [0, 0.05) is 23.8 Å². The minimum absolute atomic E-state index is 0.161. The Labute approximate surface area is 122 Å². The first-order valence-corrected chi connectivity index (χ1v) is 6.85. The molecule has 20 heavy (non-hydrogen) atoms. The van der Waals surface area contributed by atoms with Crippen LogP contribution in [0.15, 0.2) is 18.2 Å². The molecule has 0 aliphatic carbocycles. The monoisotopic (exact) mass is 296 g/mol. The van der Waals surface area contributed by atoms with Crippen molar-refractivity contribution in [3.8, 4) is 0 Å². The van der Waals surface area contributed by atoms with Gasteiger partial charge in [0.05, 0.1) is 13.2 Å². The number of amides is 2. The number of aryl methyl sites for hydroxylation is 1. The van der Waals surface area contributed by atoms with E-state index in [2.05, 4.69) is 5.32 Å². The van der Waals surface area contributed by atoms with Gasteiger partial charge in [0.2, 0.25) is 11.8 Å². The van der Waals surface area contributed by atoms with Crippen LogP contribution in [0.25, 0.3) is 0 Å². The molecule has 1 aliphatic rings. The summed E-state index contributed by atoms with van der Waals surface area (Å²) in [6, 6.07) is 5.26. The average Bonchev–Trinajstić information content (AvgIpc) is 2.44. The third-order valence-electron chi connectivity index (χ3n) is 3.13. The van der Waals surface area contributed by atoms with Gasteiger partial charge in [0.1, 0.15) is 6.42 Å². The number of hydrogen-bond donors (Lipinski definition) is 1. The Morgan fingerprint density at radius 2 is 2.05 bits per heavy atom. The Hall–Kier alpha value is -1.59.